The number of aromatic amines is 1. The van der Waals surface area contributed by atoms with Gasteiger partial charge < -0.3 is 15.2 Å². The molecule has 1 saturated heterocycles. The molecule has 3 rings (SSSR count). The Labute approximate surface area is 127 Å². The van der Waals surface area contributed by atoms with Crippen LogP contribution >= 0.6 is 0 Å². The van der Waals surface area contributed by atoms with Crippen LogP contribution in [-0.2, 0) is 13.0 Å². The van der Waals surface area contributed by atoms with Crippen LogP contribution in [0.25, 0.3) is 10.9 Å². The van der Waals surface area contributed by atoms with Crippen molar-refractivity contribution in [3.05, 3.63) is 35.5 Å². The Bertz CT molecular complexity index is 581. The summed E-state index contributed by atoms with van der Waals surface area (Å²) in [4.78, 5) is 5.92. The number of aromatic nitrogens is 1. The van der Waals surface area contributed by atoms with Crippen LogP contribution in [0.2, 0.25) is 0 Å². The second-order valence-electron chi connectivity index (χ2n) is 6.35. The minimum atomic E-state index is 0.667. The van der Waals surface area contributed by atoms with Crippen LogP contribution in [0, 0.1) is 0 Å². The van der Waals surface area contributed by atoms with Crippen LogP contribution in [0.4, 0.5) is 0 Å². The predicted octanol–water partition coefficient (Wildman–Crippen LogP) is 3.30. The van der Waals surface area contributed by atoms with E-state index in [4.69, 9.17) is 0 Å². The van der Waals surface area contributed by atoms with Gasteiger partial charge in [0.15, 0.2) is 0 Å². The second kappa shape index (κ2) is 6.63. The molecule has 1 atom stereocenters. The van der Waals surface area contributed by atoms with E-state index in [-0.39, 0.29) is 0 Å². The molecule has 2 heterocycles. The molecular formula is C18H27N3. The lowest BCUT2D eigenvalue weighted by Gasteiger charge is -2.28. The van der Waals surface area contributed by atoms with Crippen molar-refractivity contribution in [1.82, 2.24) is 15.2 Å². The predicted molar refractivity (Wildman–Crippen MR) is 89.7 cm³/mol. The molecule has 1 aliphatic heterocycles. The molecule has 2 N–H and O–H groups in total. The lowest BCUT2D eigenvalue weighted by atomic mass is 10.0. The third-order valence-corrected chi connectivity index (χ3v) is 4.65. The van der Waals surface area contributed by atoms with Crippen molar-refractivity contribution in [1.29, 1.82) is 0 Å². The fraction of sp³-hybridized carbons (Fsp3) is 0.556. The Hall–Kier alpha value is -1.32. The SMILES string of the molecule is CCc1cccc2c(CN(C)CC3CCCCN3)c[nH]c12. The van der Waals surface area contributed by atoms with Gasteiger partial charge in [-0.1, -0.05) is 31.5 Å². The van der Waals surface area contributed by atoms with Gasteiger partial charge in [0.1, 0.15) is 0 Å². The van der Waals surface area contributed by atoms with Gasteiger partial charge in [0, 0.05) is 36.2 Å². The summed E-state index contributed by atoms with van der Waals surface area (Å²) < 4.78 is 0. The molecule has 0 saturated carbocycles. The number of benzene rings is 1. The Morgan fingerprint density at radius 3 is 2.90 bits per heavy atom. The molecule has 0 amide bonds. The number of fused-ring (bicyclic) bond motifs is 1. The van der Waals surface area contributed by atoms with Crippen LogP contribution in [0.15, 0.2) is 24.4 Å². The zero-order chi connectivity index (χ0) is 14.7. The number of H-pyrrole nitrogens is 1. The van der Waals surface area contributed by atoms with Gasteiger partial charge in [-0.3, -0.25) is 0 Å². The Kier molecular flexibility index (Phi) is 4.61. The largest absolute Gasteiger partial charge is 0.361 e. The average molecular weight is 285 g/mol. The molecule has 0 radical (unpaired) electrons. The van der Waals surface area contributed by atoms with Crippen LogP contribution in [0.3, 0.4) is 0 Å². The van der Waals surface area contributed by atoms with Crippen molar-refractivity contribution in [2.24, 2.45) is 0 Å². The van der Waals surface area contributed by atoms with E-state index in [0.29, 0.717) is 6.04 Å². The number of para-hydroxylation sites is 1. The maximum absolute atomic E-state index is 3.64. The summed E-state index contributed by atoms with van der Waals surface area (Å²) in [7, 11) is 2.23. The van der Waals surface area contributed by atoms with Crippen LogP contribution in [-0.4, -0.2) is 36.1 Å². The van der Waals surface area contributed by atoms with Gasteiger partial charge in [-0.05, 0) is 44.0 Å². The summed E-state index contributed by atoms with van der Waals surface area (Å²) >= 11 is 0. The smallest absolute Gasteiger partial charge is 0.0489 e. The Morgan fingerprint density at radius 1 is 1.24 bits per heavy atom. The highest BCUT2D eigenvalue weighted by Gasteiger charge is 2.15. The number of hydrogen-bond donors (Lipinski definition) is 2. The summed E-state index contributed by atoms with van der Waals surface area (Å²) in [5.41, 5.74) is 4.15. The molecule has 0 bridgehead atoms. The van der Waals surface area contributed by atoms with Gasteiger partial charge in [-0.15, -0.1) is 0 Å². The van der Waals surface area contributed by atoms with Crippen molar-refractivity contribution >= 4 is 10.9 Å². The van der Waals surface area contributed by atoms with Crippen molar-refractivity contribution in [2.75, 3.05) is 20.1 Å². The van der Waals surface area contributed by atoms with Gasteiger partial charge in [0.05, 0.1) is 0 Å². The van der Waals surface area contributed by atoms with E-state index < -0.39 is 0 Å². The molecule has 114 valence electrons. The molecule has 2 aromatic rings. The maximum Gasteiger partial charge on any atom is 0.0489 e. The summed E-state index contributed by atoms with van der Waals surface area (Å²) in [5.74, 6) is 0. The molecule has 1 aromatic heterocycles. The quantitative estimate of drug-likeness (QED) is 0.883. The number of nitrogens with one attached hydrogen (secondary N) is 2. The molecule has 0 spiro atoms. The molecular weight excluding hydrogens is 258 g/mol. The van der Waals surface area contributed by atoms with Gasteiger partial charge in [0.2, 0.25) is 0 Å². The van der Waals surface area contributed by atoms with Crippen LogP contribution in [0.5, 0.6) is 0 Å². The molecule has 1 fully saturated rings. The number of aryl methyl sites for hydroxylation is 1. The van der Waals surface area contributed by atoms with E-state index in [1.165, 1.54) is 47.8 Å². The first-order chi connectivity index (χ1) is 10.3. The van der Waals surface area contributed by atoms with E-state index in [0.717, 1.165) is 19.5 Å². The highest BCUT2D eigenvalue weighted by molar-refractivity contribution is 5.86. The second-order valence-corrected chi connectivity index (χ2v) is 6.35. The zero-order valence-electron chi connectivity index (χ0n) is 13.3. The fourth-order valence-electron chi connectivity index (χ4n) is 3.51. The number of hydrogen-bond acceptors (Lipinski definition) is 2. The third-order valence-electron chi connectivity index (χ3n) is 4.65. The van der Waals surface area contributed by atoms with Crippen LogP contribution < -0.4 is 5.32 Å². The third kappa shape index (κ3) is 3.30. The van der Waals surface area contributed by atoms with Crippen molar-refractivity contribution < 1.29 is 0 Å². The summed E-state index contributed by atoms with van der Waals surface area (Å²) in [6.07, 6.45) is 7.30. The molecule has 1 aliphatic rings. The van der Waals surface area contributed by atoms with Crippen molar-refractivity contribution in [3.8, 4) is 0 Å². The molecule has 1 aromatic carbocycles. The minimum Gasteiger partial charge on any atom is -0.361 e. The van der Waals surface area contributed by atoms with Crippen molar-refractivity contribution in [3.63, 3.8) is 0 Å². The first-order valence-electron chi connectivity index (χ1n) is 8.27. The van der Waals surface area contributed by atoms with Gasteiger partial charge in [-0.2, -0.15) is 0 Å². The first kappa shape index (κ1) is 14.6. The zero-order valence-corrected chi connectivity index (χ0v) is 13.3. The number of nitrogens with zero attached hydrogens (tertiary/aromatic N) is 1. The fourth-order valence-corrected chi connectivity index (χ4v) is 3.51. The Balaban J connectivity index is 1.69. The lowest BCUT2D eigenvalue weighted by molar-refractivity contribution is 0.257. The molecule has 1 unspecified atom stereocenters. The minimum absolute atomic E-state index is 0.667. The highest BCUT2D eigenvalue weighted by atomic mass is 15.1. The summed E-state index contributed by atoms with van der Waals surface area (Å²) in [6, 6.07) is 7.31. The van der Waals surface area contributed by atoms with E-state index in [2.05, 4.69) is 53.6 Å². The molecule has 0 aliphatic carbocycles. The van der Waals surface area contributed by atoms with E-state index in [1.54, 1.807) is 0 Å². The average Bonchev–Trinajstić information content (AvgIpc) is 2.91. The van der Waals surface area contributed by atoms with Crippen LogP contribution in [0.1, 0.15) is 37.3 Å². The highest BCUT2D eigenvalue weighted by Crippen LogP contribution is 2.23. The Morgan fingerprint density at radius 2 is 2.14 bits per heavy atom. The summed E-state index contributed by atoms with van der Waals surface area (Å²) in [6.45, 7) is 5.56. The van der Waals surface area contributed by atoms with E-state index >= 15 is 0 Å². The van der Waals surface area contributed by atoms with Gasteiger partial charge in [-0.25, -0.2) is 0 Å². The van der Waals surface area contributed by atoms with Gasteiger partial charge in [0.25, 0.3) is 0 Å². The normalized spacial score (nSPS) is 19.5. The maximum atomic E-state index is 3.64. The number of piperidine rings is 1. The molecule has 3 nitrogen and oxygen atoms in total. The van der Waals surface area contributed by atoms with Gasteiger partial charge >= 0.3 is 0 Å². The van der Waals surface area contributed by atoms with Crippen molar-refractivity contribution in [2.45, 2.75) is 45.2 Å². The number of likely N-dealkylation sites (N-methyl/N-ethyl adjacent to an activating group) is 1. The monoisotopic (exact) mass is 285 g/mol. The number of rotatable bonds is 5. The standard InChI is InChI=1S/C18H27N3/c1-3-14-7-6-9-17-15(11-20-18(14)17)12-21(2)13-16-8-4-5-10-19-16/h6-7,9,11,16,19-20H,3-5,8,10,12-13H2,1-2H3. The van der Waals surface area contributed by atoms with E-state index in [1.807, 2.05) is 0 Å². The van der Waals surface area contributed by atoms with E-state index in [9.17, 15) is 0 Å². The molecule has 3 heteroatoms. The summed E-state index contributed by atoms with van der Waals surface area (Å²) in [5, 5.41) is 5.02. The lowest BCUT2D eigenvalue weighted by Crippen LogP contribution is -2.42. The molecule has 21 heavy (non-hydrogen) atoms. The topological polar surface area (TPSA) is 31.1 Å². The first-order valence-corrected chi connectivity index (χ1v) is 8.27.